The van der Waals surface area contributed by atoms with Gasteiger partial charge in [0.15, 0.2) is 0 Å². The second-order valence-corrected chi connectivity index (χ2v) is 6.03. The van der Waals surface area contributed by atoms with Crippen LogP contribution in [0.25, 0.3) is 0 Å². The van der Waals surface area contributed by atoms with E-state index in [1.807, 2.05) is 0 Å². The molecule has 2 fully saturated rings. The molecule has 0 aromatic carbocycles. The molecule has 1 saturated carbocycles. The van der Waals surface area contributed by atoms with Gasteiger partial charge in [0.2, 0.25) is 0 Å². The Morgan fingerprint density at radius 1 is 1.16 bits per heavy atom. The lowest BCUT2D eigenvalue weighted by Gasteiger charge is -2.33. The molecular weight excluding hydrogens is 242 g/mol. The monoisotopic (exact) mass is 269 g/mol. The lowest BCUT2D eigenvalue weighted by Crippen LogP contribution is -2.52. The standard InChI is InChI=1S/C14H27N3O2/c1-17-8-6-12(7-9-17)15-14(19)16-13-5-3-2-4-11(13)10-18/h11-13,18H,2-10H2,1H3,(H2,15,16,19). The number of rotatable bonds is 3. The molecule has 5 heteroatoms. The molecule has 0 bridgehead atoms. The Balaban J connectivity index is 1.74. The fourth-order valence-corrected chi connectivity index (χ4v) is 3.16. The van der Waals surface area contributed by atoms with Crippen LogP contribution in [0.2, 0.25) is 0 Å². The number of nitrogens with zero attached hydrogens (tertiary/aromatic N) is 1. The van der Waals surface area contributed by atoms with Crippen LogP contribution < -0.4 is 10.6 Å². The van der Waals surface area contributed by atoms with E-state index in [4.69, 9.17) is 0 Å². The molecule has 3 N–H and O–H groups in total. The zero-order valence-electron chi connectivity index (χ0n) is 11.9. The van der Waals surface area contributed by atoms with Crippen LogP contribution in [0.4, 0.5) is 4.79 Å². The lowest BCUT2D eigenvalue weighted by atomic mass is 9.85. The summed E-state index contributed by atoms with van der Waals surface area (Å²) in [5.74, 6) is 0.233. The van der Waals surface area contributed by atoms with Gasteiger partial charge in [0.05, 0.1) is 0 Å². The van der Waals surface area contributed by atoms with Crippen molar-refractivity contribution in [2.24, 2.45) is 5.92 Å². The summed E-state index contributed by atoms with van der Waals surface area (Å²) in [6.45, 7) is 2.28. The summed E-state index contributed by atoms with van der Waals surface area (Å²) in [6, 6.07) is 0.386. The number of aliphatic hydroxyl groups is 1. The minimum Gasteiger partial charge on any atom is -0.396 e. The quantitative estimate of drug-likeness (QED) is 0.714. The molecule has 1 aliphatic heterocycles. The first-order valence-corrected chi connectivity index (χ1v) is 7.55. The zero-order valence-corrected chi connectivity index (χ0v) is 11.9. The van der Waals surface area contributed by atoms with Gasteiger partial charge in [-0.1, -0.05) is 12.8 Å². The number of amides is 2. The number of carbonyl (C=O) groups is 1. The number of carbonyl (C=O) groups excluding carboxylic acids is 1. The normalized spacial score (nSPS) is 30.0. The molecule has 5 nitrogen and oxygen atoms in total. The first-order chi connectivity index (χ1) is 9.19. The van der Waals surface area contributed by atoms with Crippen molar-refractivity contribution in [1.29, 1.82) is 0 Å². The summed E-state index contributed by atoms with van der Waals surface area (Å²) in [5, 5.41) is 15.5. The van der Waals surface area contributed by atoms with E-state index in [2.05, 4.69) is 22.6 Å². The van der Waals surface area contributed by atoms with Gasteiger partial charge >= 0.3 is 6.03 Å². The van der Waals surface area contributed by atoms with Crippen LogP contribution in [0.1, 0.15) is 38.5 Å². The molecule has 0 spiro atoms. The summed E-state index contributed by atoms with van der Waals surface area (Å²) in [6.07, 6.45) is 6.38. The Bertz CT molecular complexity index is 290. The van der Waals surface area contributed by atoms with Crippen molar-refractivity contribution < 1.29 is 9.90 Å². The maximum atomic E-state index is 12.0. The highest BCUT2D eigenvalue weighted by atomic mass is 16.3. The predicted octanol–water partition coefficient (Wildman–Crippen LogP) is 0.931. The fourth-order valence-electron chi connectivity index (χ4n) is 3.16. The zero-order chi connectivity index (χ0) is 13.7. The molecule has 2 unspecified atom stereocenters. The van der Waals surface area contributed by atoms with Crippen molar-refractivity contribution in [3.63, 3.8) is 0 Å². The highest BCUT2D eigenvalue weighted by Gasteiger charge is 2.26. The van der Waals surface area contributed by atoms with Gasteiger partial charge in [-0.15, -0.1) is 0 Å². The van der Waals surface area contributed by atoms with E-state index < -0.39 is 0 Å². The smallest absolute Gasteiger partial charge is 0.315 e. The molecular formula is C14H27N3O2. The lowest BCUT2D eigenvalue weighted by molar-refractivity contribution is 0.151. The molecule has 19 heavy (non-hydrogen) atoms. The Labute approximate surface area is 115 Å². The highest BCUT2D eigenvalue weighted by Crippen LogP contribution is 2.23. The molecule has 1 aliphatic carbocycles. The summed E-state index contributed by atoms with van der Waals surface area (Å²) in [7, 11) is 2.12. The fraction of sp³-hybridized carbons (Fsp3) is 0.929. The van der Waals surface area contributed by atoms with Gasteiger partial charge in [0, 0.05) is 24.6 Å². The van der Waals surface area contributed by atoms with Gasteiger partial charge in [0.25, 0.3) is 0 Å². The van der Waals surface area contributed by atoms with Gasteiger partial charge < -0.3 is 20.6 Å². The average Bonchev–Trinajstić information content (AvgIpc) is 2.42. The molecule has 0 aromatic heterocycles. The van der Waals surface area contributed by atoms with Gasteiger partial charge in [-0.2, -0.15) is 0 Å². The van der Waals surface area contributed by atoms with Crippen LogP contribution in [0, 0.1) is 5.92 Å². The third kappa shape index (κ3) is 4.35. The molecule has 1 saturated heterocycles. The highest BCUT2D eigenvalue weighted by molar-refractivity contribution is 5.74. The number of nitrogens with one attached hydrogen (secondary N) is 2. The van der Waals surface area contributed by atoms with Crippen LogP contribution in [-0.4, -0.2) is 54.9 Å². The Hall–Kier alpha value is -0.810. The van der Waals surface area contributed by atoms with Crippen molar-refractivity contribution in [2.45, 2.75) is 50.6 Å². The van der Waals surface area contributed by atoms with Crippen LogP contribution in [0.5, 0.6) is 0 Å². The van der Waals surface area contributed by atoms with E-state index in [0.717, 1.165) is 45.2 Å². The van der Waals surface area contributed by atoms with Gasteiger partial charge in [-0.25, -0.2) is 4.79 Å². The molecule has 2 aliphatic rings. The molecule has 110 valence electrons. The second-order valence-electron chi connectivity index (χ2n) is 6.03. The summed E-state index contributed by atoms with van der Waals surface area (Å²) < 4.78 is 0. The van der Waals surface area contributed by atoms with E-state index in [-0.39, 0.29) is 24.6 Å². The molecule has 1 heterocycles. The number of piperidine rings is 1. The van der Waals surface area contributed by atoms with Crippen LogP contribution in [0.15, 0.2) is 0 Å². The van der Waals surface area contributed by atoms with Crippen molar-refractivity contribution in [1.82, 2.24) is 15.5 Å². The maximum absolute atomic E-state index is 12.0. The van der Waals surface area contributed by atoms with Crippen molar-refractivity contribution in [3.8, 4) is 0 Å². The van der Waals surface area contributed by atoms with Gasteiger partial charge in [-0.3, -0.25) is 0 Å². The topological polar surface area (TPSA) is 64.6 Å². The second kappa shape index (κ2) is 7.10. The van der Waals surface area contributed by atoms with Gasteiger partial charge in [-0.05, 0) is 45.8 Å². The van der Waals surface area contributed by atoms with Crippen LogP contribution in [0.3, 0.4) is 0 Å². The molecule has 2 amide bonds. The largest absolute Gasteiger partial charge is 0.396 e. The number of urea groups is 1. The summed E-state index contributed by atoms with van der Waals surface area (Å²) in [4.78, 5) is 14.3. The molecule has 2 rings (SSSR count). The van der Waals surface area contributed by atoms with E-state index >= 15 is 0 Å². The molecule has 0 radical (unpaired) electrons. The Morgan fingerprint density at radius 3 is 2.53 bits per heavy atom. The van der Waals surface area contributed by atoms with Crippen molar-refractivity contribution in [2.75, 3.05) is 26.7 Å². The average molecular weight is 269 g/mol. The number of aliphatic hydroxyl groups excluding tert-OH is 1. The minimum absolute atomic E-state index is 0.0556. The SMILES string of the molecule is CN1CCC(NC(=O)NC2CCCCC2CO)CC1. The minimum atomic E-state index is -0.0556. The first-order valence-electron chi connectivity index (χ1n) is 7.55. The van der Waals surface area contributed by atoms with E-state index in [0.29, 0.717) is 6.04 Å². The first kappa shape index (κ1) is 14.6. The third-order valence-electron chi connectivity index (χ3n) is 4.51. The molecule has 0 aromatic rings. The van der Waals surface area contributed by atoms with Crippen LogP contribution >= 0.6 is 0 Å². The van der Waals surface area contributed by atoms with Crippen molar-refractivity contribution >= 4 is 6.03 Å². The van der Waals surface area contributed by atoms with E-state index in [1.54, 1.807) is 0 Å². The molecule has 2 atom stereocenters. The Kier molecular flexibility index (Phi) is 5.45. The summed E-state index contributed by atoms with van der Waals surface area (Å²) >= 11 is 0. The van der Waals surface area contributed by atoms with Gasteiger partial charge in [0.1, 0.15) is 0 Å². The maximum Gasteiger partial charge on any atom is 0.315 e. The third-order valence-corrected chi connectivity index (χ3v) is 4.51. The summed E-state index contributed by atoms with van der Waals surface area (Å²) in [5.41, 5.74) is 0. The van der Waals surface area contributed by atoms with Crippen molar-refractivity contribution in [3.05, 3.63) is 0 Å². The Morgan fingerprint density at radius 2 is 1.84 bits per heavy atom. The van der Waals surface area contributed by atoms with E-state index in [9.17, 15) is 9.90 Å². The van der Waals surface area contributed by atoms with E-state index in [1.165, 1.54) is 6.42 Å². The predicted molar refractivity (Wildman–Crippen MR) is 75.0 cm³/mol. The number of hydrogen-bond acceptors (Lipinski definition) is 3. The van der Waals surface area contributed by atoms with Crippen LogP contribution in [-0.2, 0) is 0 Å². The number of hydrogen-bond donors (Lipinski definition) is 3. The number of likely N-dealkylation sites (tertiary alicyclic amines) is 1.